The minimum atomic E-state index is -0.574. The van der Waals surface area contributed by atoms with Crippen LogP contribution in [0.5, 0.6) is 0 Å². The first-order chi connectivity index (χ1) is 9.06. The second-order valence-corrected chi connectivity index (χ2v) is 4.30. The fourth-order valence-electron chi connectivity index (χ4n) is 1.12. The first kappa shape index (κ1) is 21.3. The van der Waals surface area contributed by atoms with Crippen LogP contribution in [0.3, 0.4) is 0 Å². The van der Waals surface area contributed by atoms with Crippen molar-refractivity contribution >= 4 is 27.9 Å². The normalized spacial score (nSPS) is 22.2. The summed E-state index contributed by atoms with van der Waals surface area (Å²) in [7, 11) is 0. The van der Waals surface area contributed by atoms with Crippen molar-refractivity contribution in [3.63, 3.8) is 0 Å². The Kier molecular flexibility index (Phi) is 13.9. The van der Waals surface area contributed by atoms with Crippen LogP contribution in [0.15, 0.2) is 5.11 Å². The van der Waals surface area contributed by atoms with Crippen molar-refractivity contribution < 1.29 is 48.6 Å². The predicted octanol–water partition coefficient (Wildman–Crippen LogP) is -0.821. The van der Waals surface area contributed by atoms with E-state index in [0.29, 0.717) is 19.6 Å². The molecule has 0 saturated carbocycles. The van der Waals surface area contributed by atoms with Gasteiger partial charge in [-0.1, -0.05) is 21.0 Å². The molecule has 2 rings (SSSR count). The van der Waals surface area contributed by atoms with Crippen molar-refractivity contribution in [2.24, 2.45) is 5.11 Å². The Morgan fingerprint density at radius 1 is 1.10 bits per heavy atom. The Hall–Kier alpha value is -0.960. The van der Waals surface area contributed by atoms with Crippen LogP contribution in [0.1, 0.15) is 12.8 Å². The number of rotatable bonds is 1. The molecule has 2 fully saturated rings. The van der Waals surface area contributed by atoms with Gasteiger partial charge in [-0.25, -0.2) is 0 Å². The standard InChI is InChI=1S/C4H5BrO2.C4H5N3O2.N3.Na/c5-3-1-2-7-4(3)6;5-7-6-3-1-2-9-4(3)8;1-3-2;/h3H,1-2H2;3H,1-2H2;;/q;;-1;+1. The summed E-state index contributed by atoms with van der Waals surface area (Å²) < 4.78 is 9.09. The number of carbonyl (C=O) groups is 2. The summed E-state index contributed by atoms with van der Waals surface area (Å²) in [6, 6.07) is -0.574. The Balaban J connectivity index is 0. The zero-order chi connectivity index (χ0) is 14.7. The van der Waals surface area contributed by atoms with E-state index in [0.717, 1.165) is 6.42 Å². The number of alkyl halides is 1. The number of esters is 2. The summed E-state index contributed by atoms with van der Waals surface area (Å²) in [5, 5.41) is 3.21. The monoisotopic (exact) mass is 356 g/mol. The van der Waals surface area contributed by atoms with E-state index in [2.05, 4.69) is 35.4 Å². The van der Waals surface area contributed by atoms with Gasteiger partial charge in [-0.3, -0.25) is 14.5 Å². The zero-order valence-electron chi connectivity index (χ0n) is 10.7. The molecule has 2 aliphatic rings. The molecule has 0 aromatic heterocycles. The summed E-state index contributed by atoms with van der Waals surface area (Å²) in [5.74, 6) is -0.534. The minimum Gasteiger partial charge on any atom is -0.465 e. The largest absolute Gasteiger partial charge is 1.00 e. The molecule has 2 aliphatic heterocycles. The molecule has 104 valence electrons. The zero-order valence-corrected chi connectivity index (χ0v) is 14.3. The average molecular weight is 357 g/mol. The van der Waals surface area contributed by atoms with Crippen molar-refractivity contribution in [1.29, 1.82) is 0 Å². The Morgan fingerprint density at radius 3 is 1.85 bits per heavy atom. The van der Waals surface area contributed by atoms with Gasteiger partial charge in [0.1, 0.15) is 10.9 Å². The first-order valence-electron chi connectivity index (χ1n) is 5.06. The van der Waals surface area contributed by atoms with Gasteiger partial charge in [-0.05, 0) is 5.53 Å². The Bertz CT molecular complexity index is 410. The van der Waals surface area contributed by atoms with Crippen molar-refractivity contribution in [2.45, 2.75) is 23.7 Å². The number of hydrogen-bond acceptors (Lipinski definition) is 5. The maximum Gasteiger partial charge on any atom is 1.00 e. The number of carbonyl (C=O) groups excluding carboxylic acids is 2. The van der Waals surface area contributed by atoms with E-state index in [1.807, 2.05) is 0 Å². The van der Waals surface area contributed by atoms with E-state index >= 15 is 0 Å². The maximum atomic E-state index is 10.5. The topological polar surface area (TPSA) is 160 Å². The van der Waals surface area contributed by atoms with Gasteiger partial charge < -0.3 is 20.5 Å². The fourth-order valence-corrected chi connectivity index (χ4v) is 1.44. The number of halogens is 1. The van der Waals surface area contributed by atoms with Crippen LogP contribution in [0, 0.1) is 0 Å². The fraction of sp³-hybridized carbons (Fsp3) is 0.750. The Labute approximate surface area is 144 Å². The number of ether oxygens (including phenoxy) is 2. The third-order valence-corrected chi connectivity index (χ3v) is 2.80. The molecular formula is C8H10BrN6NaO4. The second kappa shape index (κ2) is 13.0. The van der Waals surface area contributed by atoms with Crippen molar-refractivity contribution in [2.75, 3.05) is 13.2 Å². The van der Waals surface area contributed by atoms with E-state index < -0.39 is 12.0 Å². The second-order valence-electron chi connectivity index (χ2n) is 3.19. The van der Waals surface area contributed by atoms with Gasteiger partial charge >= 0.3 is 41.5 Å². The molecule has 2 atom stereocenters. The molecule has 10 nitrogen and oxygen atoms in total. The molecule has 2 unspecified atom stereocenters. The molecule has 0 amide bonds. The summed E-state index contributed by atoms with van der Waals surface area (Å²) >= 11 is 3.13. The molecule has 2 saturated heterocycles. The molecule has 0 bridgehead atoms. The van der Waals surface area contributed by atoms with Crippen LogP contribution in [0.25, 0.3) is 26.4 Å². The molecule has 0 aromatic rings. The predicted molar refractivity (Wildman–Crippen MR) is 66.9 cm³/mol. The summed E-state index contributed by atoms with van der Waals surface area (Å²) in [5.41, 5.74) is 21.4. The van der Waals surface area contributed by atoms with Gasteiger partial charge in [0.15, 0.2) is 0 Å². The molecule has 0 aromatic carbocycles. The van der Waals surface area contributed by atoms with E-state index in [1.165, 1.54) is 4.91 Å². The van der Waals surface area contributed by atoms with Crippen LogP contribution in [-0.2, 0) is 19.1 Å². The van der Waals surface area contributed by atoms with Crippen molar-refractivity contribution in [3.05, 3.63) is 26.4 Å². The van der Waals surface area contributed by atoms with Crippen LogP contribution >= 0.6 is 15.9 Å². The van der Waals surface area contributed by atoms with Crippen molar-refractivity contribution in [1.82, 2.24) is 0 Å². The minimum absolute atomic E-state index is 0. The van der Waals surface area contributed by atoms with Crippen LogP contribution in [0.2, 0.25) is 0 Å². The van der Waals surface area contributed by atoms with Crippen molar-refractivity contribution in [3.8, 4) is 0 Å². The summed E-state index contributed by atoms with van der Waals surface area (Å²) in [6.45, 7) is 0.956. The van der Waals surface area contributed by atoms with Crippen LogP contribution in [-0.4, -0.2) is 36.0 Å². The quantitative estimate of drug-likeness (QED) is 0.150. The molecular weight excluding hydrogens is 347 g/mol. The SMILES string of the molecule is O=C1OCCC1Br.[N-]=[N+]=NC1CCOC1=O.[N-]=[N+]=[N-].[Na+]. The van der Waals surface area contributed by atoms with E-state index in [-0.39, 0.29) is 40.4 Å². The van der Waals surface area contributed by atoms with Gasteiger partial charge in [-0.15, -0.1) is 0 Å². The molecule has 0 radical (unpaired) electrons. The summed E-state index contributed by atoms with van der Waals surface area (Å²) in [4.78, 5) is 24.7. The maximum absolute atomic E-state index is 10.5. The first-order valence-corrected chi connectivity index (χ1v) is 5.98. The summed E-state index contributed by atoms with van der Waals surface area (Å²) in [6.07, 6.45) is 1.34. The van der Waals surface area contributed by atoms with Gasteiger partial charge in [0.05, 0.1) is 13.2 Å². The van der Waals surface area contributed by atoms with Crippen LogP contribution < -0.4 is 29.6 Å². The van der Waals surface area contributed by atoms with E-state index in [1.54, 1.807) is 0 Å². The third-order valence-electron chi connectivity index (χ3n) is 1.97. The van der Waals surface area contributed by atoms with E-state index in [4.69, 9.17) is 16.6 Å². The van der Waals surface area contributed by atoms with Crippen LogP contribution in [0.4, 0.5) is 0 Å². The van der Waals surface area contributed by atoms with E-state index in [9.17, 15) is 9.59 Å². The number of azide groups is 1. The number of hydrogen-bond donors (Lipinski definition) is 0. The van der Waals surface area contributed by atoms with Gasteiger partial charge in [0.2, 0.25) is 0 Å². The third kappa shape index (κ3) is 9.03. The Morgan fingerprint density at radius 2 is 1.60 bits per heavy atom. The molecule has 2 heterocycles. The smallest absolute Gasteiger partial charge is 0.465 e. The van der Waals surface area contributed by atoms with Gasteiger partial charge in [0, 0.05) is 17.8 Å². The van der Waals surface area contributed by atoms with Gasteiger partial charge in [-0.2, -0.15) is 0 Å². The molecule has 20 heavy (non-hydrogen) atoms. The number of nitrogens with zero attached hydrogens (tertiary/aromatic N) is 6. The average Bonchev–Trinajstić information content (AvgIpc) is 2.93. The number of cyclic esters (lactones) is 2. The van der Waals surface area contributed by atoms with Gasteiger partial charge in [0.25, 0.3) is 0 Å². The molecule has 0 spiro atoms. The molecule has 12 heteroatoms. The molecule has 0 aliphatic carbocycles. The molecule has 0 N–H and O–H groups in total.